The summed E-state index contributed by atoms with van der Waals surface area (Å²) in [6.07, 6.45) is -3.52. The van der Waals surface area contributed by atoms with Gasteiger partial charge < -0.3 is 11.1 Å². The first-order chi connectivity index (χ1) is 9.40. The zero-order valence-corrected chi connectivity index (χ0v) is 10.8. The van der Waals surface area contributed by atoms with Gasteiger partial charge in [-0.2, -0.15) is 13.2 Å². The highest BCUT2D eigenvalue weighted by atomic mass is 35.5. The number of aromatic nitrogens is 2. The Morgan fingerprint density at radius 1 is 1.30 bits per heavy atom. The van der Waals surface area contributed by atoms with Gasteiger partial charge >= 0.3 is 6.18 Å². The van der Waals surface area contributed by atoms with Crippen molar-refractivity contribution in [3.8, 4) is 0 Å². The van der Waals surface area contributed by atoms with Gasteiger partial charge in [0.1, 0.15) is 0 Å². The van der Waals surface area contributed by atoms with Gasteiger partial charge in [-0.1, -0.05) is 17.7 Å². The van der Waals surface area contributed by atoms with Gasteiger partial charge in [-0.25, -0.2) is 9.97 Å². The third-order valence-electron chi connectivity index (χ3n) is 2.43. The number of halogens is 4. The summed E-state index contributed by atoms with van der Waals surface area (Å²) >= 11 is 5.79. The number of rotatable bonds is 3. The predicted octanol–water partition coefficient (Wildman–Crippen LogP) is 3.35. The van der Waals surface area contributed by atoms with Gasteiger partial charge in [0.05, 0.1) is 0 Å². The SMILES string of the molecule is NCc1cnc(Nc2cccc(Cl)c2)nc1C(F)(F)F. The molecule has 1 heterocycles. The molecule has 0 aliphatic carbocycles. The van der Waals surface area contributed by atoms with E-state index in [9.17, 15) is 13.2 Å². The maximum Gasteiger partial charge on any atom is 0.433 e. The molecule has 2 rings (SSSR count). The number of hydrogen-bond acceptors (Lipinski definition) is 4. The summed E-state index contributed by atoms with van der Waals surface area (Å²) in [5.74, 6) is -0.170. The summed E-state index contributed by atoms with van der Waals surface area (Å²) < 4.78 is 38.5. The van der Waals surface area contributed by atoms with Crippen LogP contribution in [0.1, 0.15) is 11.3 Å². The number of benzene rings is 1. The third-order valence-corrected chi connectivity index (χ3v) is 2.67. The molecule has 8 heteroatoms. The molecule has 1 aromatic carbocycles. The van der Waals surface area contributed by atoms with Gasteiger partial charge in [0, 0.05) is 29.0 Å². The van der Waals surface area contributed by atoms with Crippen molar-refractivity contribution in [3.05, 3.63) is 46.7 Å². The molecular weight excluding hydrogens is 293 g/mol. The Kier molecular flexibility index (Phi) is 4.10. The largest absolute Gasteiger partial charge is 0.433 e. The number of hydrogen-bond donors (Lipinski definition) is 2. The maximum absolute atomic E-state index is 12.8. The zero-order chi connectivity index (χ0) is 14.8. The van der Waals surface area contributed by atoms with Crippen LogP contribution in [0.15, 0.2) is 30.5 Å². The van der Waals surface area contributed by atoms with Crippen LogP contribution in [-0.4, -0.2) is 9.97 Å². The Hall–Kier alpha value is -1.86. The van der Waals surface area contributed by atoms with E-state index in [1.807, 2.05) is 0 Å². The average Bonchev–Trinajstić information content (AvgIpc) is 2.37. The highest BCUT2D eigenvalue weighted by molar-refractivity contribution is 6.30. The molecule has 0 unspecified atom stereocenters. The summed E-state index contributed by atoms with van der Waals surface area (Å²) in [4.78, 5) is 7.27. The monoisotopic (exact) mass is 302 g/mol. The van der Waals surface area contributed by atoms with Crippen molar-refractivity contribution in [1.29, 1.82) is 0 Å². The van der Waals surface area contributed by atoms with E-state index >= 15 is 0 Å². The molecule has 1 aromatic heterocycles. The lowest BCUT2D eigenvalue weighted by Gasteiger charge is -2.12. The minimum atomic E-state index is -4.58. The van der Waals surface area contributed by atoms with Crippen molar-refractivity contribution in [1.82, 2.24) is 9.97 Å². The molecule has 0 aliphatic heterocycles. The van der Waals surface area contributed by atoms with Crippen molar-refractivity contribution in [2.24, 2.45) is 5.73 Å². The lowest BCUT2D eigenvalue weighted by atomic mass is 10.2. The van der Waals surface area contributed by atoms with Crippen molar-refractivity contribution in [3.63, 3.8) is 0 Å². The second-order valence-corrected chi connectivity index (χ2v) is 4.34. The van der Waals surface area contributed by atoms with Crippen LogP contribution < -0.4 is 11.1 Å². The number of nitrogens with zero attached hydrogens (tertiary/aromatic N) is 2. The first kappa shape index (κ1) is 14.5. The van der Waals surface area contributed by atoms with Crippen LogP contribution in [0.3, 0.4) is 0 Å². The maximum atomic E-state index is 12.8. The van der Waals surface area contributed by atoms with E-state index < -0.39 is 11.9 Å². The van der Waals surface area contributed by atoms with Gasteiger partial charge in [0.15, 0.2) is 5.69 Å². The molecule has 106 valence electrons. The summed E-state index contributed by atoms with van der Waals surface area (Å²) in [6, 6.07) is 6.49. The van der Waals surface area contributed by atoms with Gasteiger partial charge in [0.2, 0.25) is 5.95 Å². The van der Waals surface area contributed by atoms with Crippen molar-refractivity contribution < 1.29 is 13.2 Å². The van der Waals surface area contributed by atoms with Crippen LogP contribution in [0.5, 0.6) is 0 Å². The Morgan fingerprint density at radius 2 is 2.05 bits per heavy atom. The molecule has 4 nitrogen and oxygen atoms in total. The van der Waals surface area contributed by atoms with Crippen LogP contribution in [0, 0.1) is 0 Å². The quantitative estimate of drug-likeness (QED) is 0.912. The normalized spacial score (nSPS) is 11.4. The zero-order valence-electron chi connectivity index (χ0n) is 10.1. The topological polar surface area (TPSA) is 63.8 Å². The van der Waals surface area contributed by atoms with E-state index in [0.29, 0.717) is 10.7 Å². The minimum absolute atomic E-state index is 0.158. The summed E-state index contributed by atoms with van der Waals surface area (Å²) in [5.41, 5.74) is 4.54. The highest BCUT2D eigenvalue weighted by Crippen LogP contribution is 2.31. The van der Waals surface area contributed by atoms with Crippen molar-refractivity contribution in [2.45, 2.75) is 12.7 Å². The molecule has 20 heavy (non-hydrogen) atoms. The van der Waals surface area contributed by atoms with Crippen LogP contribution in [0.4, 0.5) is 24.8 Å². The molecule has 0 saturated carbocycles. The first-order valence-electron chi connectivity index (χ1n) is 5.56. The lowest BCUT2D eigenvalue weighted by molar-refractivity contribution is -0.141. The van der Waals surface area contributed by atoms with E-state index in [2.05, 4.69) is 15.3 Å². The number of nitrogens with one attached hydrogen (secondary N) is 1. The fourth-order valence-corrected chi connectivity index (χ4v) is 1.75. The van der Waals surface area contributed by atoms with Crippen molar-refractivity contribution in [2.75, 3.05) is 5.32 Å². The van der Waals surface area contributed by atoms with Crippen LogP contribution in [0.25, 0.3) is 0 Å². The molecule has 0 aliphatic rings. The third kappa shape index (κ3) is 3.37. The summed E-state index contributed by atoms with van der Waals surface area (Å²) in [7, 11) is 0. The molecular formula is C12H10ClF3N4. The van der Waals surface area contributed by atoms with Crippen LogP contribution in [0.2, 0.25) is 5.02 Å². The predicted molar refractivity (Wildman–Crippen MR) is 69.7 cm³/mol. The van der Waals surface area contributed by atoms with Crippen LogP contribution >= 0.6 is 11.6 Å². The van der Waals surface area contributed by atoms with E-state index in [1.54, 1.807) is 24.3 Å². The fourth-order valence-electron chi connectivity index (χ4n) is 1.56. The van der Waals surface area contributed by atoms with Gasteiger partial charge in [-0.05, 0) is 18.2 Å². The summed E-state index contributed by atoms with van der Waals surface area (Å²) in [6.45, 7) is -0.285. The van der Waals surface area contributed by atoms with E-state index in [0.717, 1.165) is 6.20 Å². The molecule has 0 spiro atoms. The Bertz CT molecular complexity index is 616. The second kappa shape index (κ2) is 5.64. The van der Waals surface area contributed by atoms with Gasteiger partial charge in [-0.3, -0.25) is 0 Å². The number of anilines is 2. The average molecular weight is 303 g/mol. The molecule has 0 bridgehead atoms. The van der Waals surface area contributed by atoms with Crippen LogP contribution in [-0.2, 0) is 12.7 Å². The molecule has 0 atom stereocenters. The standard InChI is InChI=1S/C12H10ClF3N4/c13-8-2-1-3-9(4-8)19-11-18-6-7(5-17)10(20-11)12(14,15)16/h1-4,6H,5,17H2,(H,18,19,20). The Labute approximate surface area is 117 Å². The first-order valence-corrected chi connectivity index (χ1v) is 5.93. The summed E-state index contributed by atoms with van der Waals surface area (Å²) in [5, 5.41) is 3.11. The Balaban J connectivity index is 2.34. The lowest BCUT2D eigenvalue weighted by Crippen LogP contribution is -2.16. The molecule has 0 amide bonds. The second-order valence-electron chi connectivity index (χ2n) is 3.90. The number of nitrogens with two attached hydrogens (primary N) is 1. The van der Waals surface area contributed by atoms with E-state index in [1.165, 1.54) is 0 Å². The minimum Gasteiger partial charge on any atom is -0.326 e. The highest BCUT2D eigenvalue weighted by Gasteiger charge is 2.35. The molecule has 0 radical (unpaired) electrons. The van der Waals surface area contributed by atoms with E-state index in [-0.39, 0.29) is 18.1 Å². The molecule has 0 saturated heterocycles. The van der Waals surface area contributed by atoms with E-state index in [4.69, 9.17) is 17.3 Å². The number of alkyl halides is 3. The van der Waals surface area contributed by atoms with Crippen molar-refractivity contribution >= 4 is 23.2 Å². The molecule has 3 N–H and O–H groups in total. The van der Waals surface area contributed by atoms with Gasteiger partial charge in [-0.15, -0.1) is 0 Å². The van der Waals surface area contributed by atoms with Gasteiger partial charge in [0.25, 0.3) is 0 Å². The molecule has 2 aromatic rings. The molecule has 0 fully saturated rings. The Morgan fingerprint density at radius 3 is 2.65 bits per heavy atom. The smallest absolute Gasteiger partial charge is 0.326 e. The fraction of sp³-hybridized carbons (Fsp3) is 0.167.